The molecule has 1 atom stereocenters. The zero-order chi connectivity index (χ0) is 26.1. The molecular weight excluding hydrogens is 478 g/mol. The van der Waals surface area contributed by atoms with Gasteiger partial charge in [-0.3, -0.25) is 9.59 Å². The predicted molar refractivity (Wildman–Crippen MR) is 138 cm³/mol. The van der Waals surface area contributed by atoms with Gasteiger partial charge in [0.05, 0.1) is 19.9 Å². The van der Waals surface area contributed by atoms with Gasteiger partial charge in [-0.25, -0.2) is 8.42 Å². The molecule has 0 radical (unpaired) electrons. The molecule has 3 aromatic carbocycles. The zero-order valence-electron chi connectivity index (χ0n) is 20.6. The predicted octanol–water partition coefficient (Wildman–Crippen LogP) is 2.97. The van der Waals surface area contributed by atoms with Crippen molar-refractivity contribution in [3.63, 3.8) is 0 Å². The number of carbonyl (C=O) groups excluding carboxylic acids is 2. The summed E-state index contributed by atoms with van der Waals surface area (Å²) in [6.45, 7) is -0.0140. The first-order valence-electron chi connectivity index (χ1n) is 11.4. The van der Waals surface area contributed by atoms with Gasteiger partial charge in [-0.05, 0) is 28.8 Å². The number of amides is 2. The molecule has 2 amide bonds. The summed E-state index contributed by atoms with van der Waals surface area (Å²) in [5.74, 6) is -0.204. The van der Waals surface area contributed by atoms with Crippen LogP contribution in [0.4, 0.5) is 0 Å². The van der Waals surface area contributed by atoms with Gasteiger partial charge in [0.25, 0.3) is 0 Å². The number of sulfonamides is 1. The van der Waals surface area contributed by atoms with Crippen LogP contribution in [0.15, 0.2) is 84.9 Å². The molecule has 36 heavy (non-hydrogen) atoms. The van der Waals surface area contributed by atoms with Crippen molar-refractivity contribution >= 4 is 21.8 Å². The van der Waals surface area contributed by atoms with Crippen molar-refractivity contribution in [3.05, 3.63) is 102 Å². The Morgan fingerprint density at radius 2 is 1.47 bits per heavy atom. The van der Waals surface area contributed by atoms with Crippen LogP contribution in [0.2, 0.25) is 0 Å². The van der Waals surface area contributed by atoms with Crippen LogP contribution in [0.1, 0.15) is 22.7 Å². The molecule has 0 unspecified atom stereocenters. The molecule has 8 nitrogen and oxygen atoms in total. The van der Waals surface area contributed by atoms with Crippen molar-refractivity contribution in [3.8, 4) is 5.75 Å². The Balaban J connectivity index is 1.97. The summed E-state index contributed by atoms with van der Waals surface area (Å²) in [6.07, 6.45) is 1.04. The average Bonchev–Trinajstić information content (AvgIpc) is 2.88. The Morgan fingerprint density at radius 1 is 0.889 bits per heavy atom. The summed E-state index contributed by atoms with van der Waals surface area (Å²) in [5, 5.41) is 2.94. The summed E-state index contributed by atoms with van der Waals surface area (Å²) in [4.78, 5) is 28.5. The smallest absolute Gasteiger partial charge is 0.247 e. The van der Waals surface area contributed by atoms with E-state index < -0.39 is 28.5 Å². The number of carbonyl (C=O) groups is 2. The Hall–Kier alpha value is -3.69. The van der Waals surface area contributed by atoms with E-state index in [1.165, 1.54) is 11.9 Å². The van der Waals surface area contributed by atoms with E-state index in [-0.39, 0.29) is 19.0 Å². The Morgan fingerprint density at radius 3 is 2.03 bits per heavy atom. The number of hydrogen-bond acceptors (Lipinski definition) is 5. The maximum atomic E-state index is 13.6. The minimum absolute atomic E-state index is 0.0960. The van der Waals surface area contributed by atoms with Crippen LogP contribution in [0.5, 0.6) is 5.75 Å². The van der Waals surface area contributed by atoms with Crippen LogP contribution in [0, 0.1) is 0 Å². The van der Waals surface area contributed by atoms with Gasteiger partial charge in [0.1, 0.15) is 11.8 Å². The fourth-order valence-corrected chi connectivity index (χ4v) is 3.98. The first-order valence-corrected chi connectivity index (χ1v) is 13.2. The standard InChI is InChI=1S/C27H31N3O5S/c1-29(36(3,33)34)20-25(31)30(19-22-14-16-24(35-2)17-15-22)26(23-12-8-5-9-13-23)27(32)28-18-21-10-6-4-7-11-21/h4-17,26H,18-20H2,1-3H3,(H,28,32)/t26-/m1/s1. The lowest BCUT2D eigenvalue weighted by molar-refractivity contribution is -0.141. The molecule has 0 aliphatic rings. The summed E-state index contributed by atoms with van der Waals surface area (Å²) in [5.41, 5.74) is 2.30. The molecule has 0 spiro atoms. The van der Waals surface area contributed by atoms with Crippen molar-refractivity contribution in [1.29, 1.82) is 0 Å². The van der Waals surface area contributed by atoms with Crippen LogP contribution >= 0.6 is 0 Å². The van der Waals surface area contributed by atoms with E-state index in [0.29, 0.717) is 11.3 Å². The summed E-state index contributed by atoms with van der Waals surface area (Å²) < 4.78 is 30.2. The molecule has 3 aromatic rings. The topological polar surface area (TPSA) is 96.0 Å². The zero-order valence-corrected chi connectivity index (χ0v) is 21.4. The van der Waals surface area contributed by atoms with Gasteiger partial charge >= 0.3 is 0 Å². The highest BCUT2D eigenvalue weighted by Crippen LogP contribution is 2.25. The average molecular weight is 510 g/mol. The number of likely N-dealkylation sites (N-methyl/N-ethyl adjacent to an activating group) is 1. The van der Waals surface area contributed by atoms with E-state index in [1.54, 1.807) is 43.5 Å². The number of methoxy groups -OCH3 is 1. The third-order valence-corrected chi connectivity index (χ3v) is 7.00. The maximum absolute atomic E-state index is 13.6. The van der Waals surface area contributed by atoms with Gasteiger partial charge in [0.2, 0.25) is 21.8 Å². The van der Waals surface area contributed by atoms with Crippen LogP contribution in [-0.2, 0) is 32.7 Å². The molecular formula is C27H31N3O5S. The molecule has 0 aliphatic heterocycles. The minimum atomic E-state index is -3.60. The molecule has 1 N–H and O–H groups in total. The number of ether oxygens (including phenoxy) is 1. The monoisotopic (exact) mass is 509 g/mol. The van der Waals surface area contributed by atoms with Crippen molar-refractivity contribution < 1.29 is 22.7 Å². The van der Waals surface area contributed by atoms with Crippen molar-refractivity contribution in [1.82, 2.24) is 14.5 Å². The van der Waals surface area contributed by atoms with Gasteiger partial charge in [0.15, 0.2) is 0 Å². The molecule has 0 saturated heterocycles. The highest BCUT2D eigenvalue weighted by molar-refractivity contribution is 7.88. The lowest BCUT2D eigenvalue weighted by atomic mass is 10.0. The number of nitrogens with one attached hydrogen (secondary N) is 1. The van der Waals surface area contributed by atoms with E-state index in [0.717, 1.165) is 21.7 Å². The number of benzene rings is 3. The normalized spacial score (nSPS) is 12.1. The molecule has 0 saturated carbocycles. The van der Waals surface area contributed by atoms with E-state index in [4.69, 9.17) is 4.74 Å². The van der Waals surface area contributed by atoms with Gasteiger partial charge in [-0.1, -0.05) is 72.8 Å². The minimum Gasteiger partial charge on any atom is -0.497 e. The quantitative estimate of drug-likeness (QED) is 0.429. The van der Waals surface area contributed by atoms with E-state index in [2.05, 4.69) is 5.32 Å². The summed E-state index contributed by atoms with van der Waals surface area (Å²) in [6, 6.07) is 24.6. The molecule has 0 heterocycles. The Labute approximate surface area is 212 Å². The Kier molecular flexibility index (Phi) is 9.21. The summed E-state index contributed by atoms with van der Waals surface area (Å²) in [7, 11) is -0.698. The summed E-state index contributed by atoms with van der Waals surface area (Å²) >= 11 is 0. The second kappa shape index (κ2) is 12.3. The number of hydrogen-bond donors (Lipinski definition) is 1. The lowest BCUT2D eigenvalue weighted by Crippen LogP contribution is -2.47. The van der Waals surface area contributed by atoms with Gasteiger partial charge in [-0.2, -0.15) is 4.31 Å². The molecule has 3 rings (SSSR count). The van der Waals surface area contributed by atoms with Crippen molar-refractivity contribution in [2.24, 2.45) is 0 Å². The number of nitrogens with zero attached hydrogens (tertiary/aromatic N) is 2. The molecule has 0 aliphatic carbocycles. The van der Waals surface area contributed by atoms with E-state index >= 15 is 0 Å². The van der Waals surface area contributed by atoms with Crippen molar-refractivity contribution in [2.75, 3.05) is 27.0 Å². The van der Waals surface area contributed by atoms with Gasteiger partial charge in [0, 0.05) is 20.1 Å². The lowest BCUT2D eigenvalue weighted by Gasteiger charge is -2.32. The second-order valence-corrected chi connectivity index (χ2v) is 10.5. The SMILES string of the molecule is COc1ccc(CN(C(=O)CN(C)S(C)(=O)=O)[C@@H](C(=O)NCc2ccccc2)c2ccccc2)cc1. The third kappa shape index (κ3) is 7.40. The van der Waals surface area contributed by atoms with Gasteiger partial charge < -0.3 is 15.0 Å². The fraction of sp³-hybridized carbons (Fsp3) is 0.259. The molecule has 190 valence electrons. The number of rotatable bonds is 11. The van der Waals surface area contributed by atoms with Crippen LogP contribution in [0.3, 0.4) is 0 Å². The molecule has 0 fully saturated rings. The highest BCUT2D eigenvalue weighted by Gasteiger charge is 2.32. The highest BCUT2D eigenvalue weighted by atomic mass is 32.2. The first kappa shape index (κ1) is 26.9. The Bertz CT molecular complexity index is 1250. The molecule has 0 bridgehead atoms. The van der Waals surface area contributed by atoms with Crippen LogP contribution in [0.25, 0.3) is 0 Å². The van der Waals surface area contributed by atoms with Crippen LogP contribution in [-0.4, -0.2) is 56.4 Å². The molecule has 0 aromatic heterocycles. The van der Waals surface area contributed by atoms with Crippen molar-refractivity contribution in [2.45, 2.75) is 19.1 Å². The van der Waals surface area contributed by atoms with E-state index in [1.807, 2.05) is 48.5 Å². The van der Waals surface area contributed by atoms with Crippen LogP contribution < -0.4 is 10.1 Å². The second-order valence-electron chi connectivity index (χ2n) is 8.41. The first-order chi connectivity index (χ1) is 17.2. The fourth-order valence-electron chi connectivity index (χ4n) is 3.64. The van der Waals surface area contributed by atoms with Gasteiger partial charge in [-0.15, -0.1) is 0 Å². The molecule has 9 heteroatoms. The maximum Gasteiger partial charge on any atom is 0.247 e. The van der Waals surface area contributed by atoms with E-state index in [9.17, 15) is 18.0 Å². The largest absolute Gasteiger partial charge is 0.497 e. The third-order valence-electron chi connectivity index (χ3n) is 5.74.